The molecule has 0 N–H and O–H groups in total. The average Bonchev–Trinajstić information content (AvgIpc) is 2.71. The average molecular weight is 285 g/mol. The SMILES string of the molecule is CC(C)c1nnc(-c2ccc(Br)c(F)c2)o1. The summed E-state index contributed by atoms with van der Waals surface area (Å²) in [5.41, 5.74) is 0.583. The molecule has 0 unspecified atom stereocenters. The van der Waals surface area contributed by atoms with Crippen molar-refractivity contribution in [3.63, 3.8) is 0 Å². The summed E-state index contributed by atoms with van der Waals surface area (Å²) >= 11 is 3.09. The molecule has 3 nitrogen and oxygen atoms in total. The molecule has 0 fully saturated rings. The van der Waals surface area contributed by atoms with Gasteiger partial charge in [-0.2, -0.15) is 0 Å². The Labute approximate surface area is 101 Å². The number of hydrogen-bond donors (Lipinski definition) is 0. The highest BCUT2D eigenvalue weighted by molar-refractivity contribution is 9.10. The number of nitrogens with zero attached hydrogens (tertiary/aromatic N) is 2. The van der Waals surface area contributed by atoms with Gasteiger partial charge in [0, 0.05) is 11.5 Å². The molecule has 0 bridgehead atoms. The lowest BCUT2D eigenvalue weighted by Crippen LogP contribution is -1.85. The van der Waals surface area contributed by atoms with Crippen LogP contribution in [0.3, 0.4) is 0 Å². The van der Waals surface area contributed by atoms with Gasteiger partial charge >= 0.3 is 0 Å². The van der Waals surface area contributed by atoms with Crippen LogP contribution in [0, 0.1) is 5.82 Å². The molecule has 2 rings (SSSR count). The van der Waals surface area contributed by atoms with Crippen LogP contribution in [-0.2, 0) is 0 Å². The van der Waals surface area contributed by atoms with E-state index in [4.69, 9.17) is 4.42 Å². The van der Waals surface area contributed by atoms with Crippen LogP contribution >= 0.6 is 15.9 Å². The molecule has 2 aromatic rings. The molecule has 0 saturated carbocycles. The molecule has 1 aromatic heterocycles. The van der Waals surface area contributed by atoms with Gasteiger partial charge < -0.3 is 4.42 Å². The normalized spacial score (nSPS) is 11.1. The molecular weight excluding hydrogens is 275 g/mol. The van der Waals surface area contributed by atoms with Crippen molar-refractivity contribution in [1.82, 2.24) is 10.2 Å². The molecule has 16 heavy (non-hydrogen) atoms. The summed E-state index contributed by atoms with van der Waals surface area (Å²) in [5.74, 6) is 0.719. The molecule has 1 heterocycles. The summed E-state index contributed by atoms with van der Waals surface area (Å²) in [4.78, 5) is 0. The number of halogens is 2. The van der Waals surface area contributed by atoms with E-state index in [9.17, 15) is 4.39 Å². The first-order chi connectivity index (χ1) is 7.58. The van der Waals surface area contributed by atoms with Crippen LogP contribution in [-0.4, -0.2) is 10.2 Å². The highest BCUT2D eigenvalue weighted by Crippen LogP contribution is 2.25. The van der Waals surface area contributed by atoms with Crippen molar-refractivity contribution >= 4 is 15.9 Å². The lowest BCUT2D eigenvalue weighted by molar-refractivity contribution is 0.480. The minimum atomic E-state index is -0.346. The van der Waals surface area contributed by atoms with Crippen molar-refractivity contribution in [2.24, 2.45) is 0 Å². The summed E-state index contributed by atoms with van der Waals surface area (Å²) in [5, 5.41) is 7.77. The third kappa shape index (κ3) is 2.14. The van der Waals surface area contributed by atoms with Gasteiger partial charge in [0.25, 0.3) is 0 Å². The topological polar surface area (TPSA) is 38.9 Å². The molecule has 5 heteroatoms. The van der Waals surface area contributed by atoms with E-state index in [0.29, 0.717) is 21.8 Å². The van der Waals surface area contributed by atoms with Gasteiger partial charge in [-0.05, 0) is 34.1 Å². The van der Waals surface area contributed by atoms with E-state index >= 15 is 0 Å². The van der Waals surface area contributed by atoms with Gasteiger partial charge in [-0.15, -0.1) is 10.2 Å². The molecule has 84 valence electrons. The fourth-order valence-electron chi connectivity index (χ4n) is 1.21. The first-order valence-electron chi connectivity index (χ1n) is 4.86. The van der Waals surface area contributed by atoms with Crippen LogP contribution in [0.2, 0.25) is 0 Å². The first-order valence-corrected chi connectivity index (χ1v) is 5.66. The minimum Gasteiger partial charge on any atom is -0.420 e. The number of rotatable bonds is 2. The Morgan fingerprint density at radius 2 is 2.06 bits per heavy atom. The Morgan fingerprint density at radius 3 is 2.62 bits per heavy atom. The zero-order valence-electron chi connectivity index (χ0n) is 8.87. The molecular formula is C11H10BrFN2O. The molecule has 0 saturated heterocycles. The van der Waals surface area contributed by atoms with Crippen LogP contribution in [0.5, 0.6) is 0 Å². The van der Waals surface area contributed by atoms with Gasteiger partial charge in [-0.1, -0.05) is 13.8 Å². The molecule has 0 spiro atoms. The molecule has 0 aliphatic rings. The van der Waals surface area contributed by atoms with E-state index in [1.54, 1.807) is 12.1 Å². The van der Waals surface area contributed by atoms with E-state index in [2.05, 4.69) is 26.1 Å². The largest absolute Gasteiger partial charge is 0.420 e. The maximum absolute atomic E-state index is 13.3. The van der Waals surface area contributed by atoms with Crippen molar-refractivity contribution in [3.8, 4) is 11.5 Å². The number of hydrogen-bond acceptors (Lipinski definition) is 3. The Bertz CT molecular complexity index is 510. The Kier molecular flexibility index (Phi) is 3.05. The highest BCUT2D eigenvalue weighted by Gasteiger charge is 2.12. The summed E-state index contributed by atoms with van der Waals surface area (Å²) in [6, 6.07) is 4.70. The van der Waals surface area contributed by atoms with Crippen molar-refractivity contribution in [2.45, 2.75) is 19.8 Å². The maximum Gasteiger partial charge on any atom is 0.247 e. The second kappa shape index (κ2) is 4.33. The molecule has 0 aliphatic heterocycles. The lowest BCUT2D eigenvalue weighted by atomic mass is 10.2. The summed E-state index contributed by atoms with van der Waals surface area (Å²) in [6.45, 7) is 3.92. The quantitative estimate of drug-likeness (QED) is 0.843. The predicted molar refractivity (Wildman–Crippen MR) is 61.5 cm³/mol. The van der Waals surface area contributed by atoms with Gasteiger partial charge in [-0.25, -0.2) is 4.39 Å². The van der Waals surface area contributed by atoms with E-state index < -0.39 is 0 Å². The van der Waals surface area contributed by atoms with Crippen LogP contribution < -0.4 is 0 Å². The fraction of sp³-hybridized carbons (Fsp3) is 0.273. The standard InChI is InChI=1S/C11H10BrFN2O/c1-6(2)10-14-15-11(16-10)7-3-4-8(12)9(13)5-7/h3-6H,1-2H3. The molecule has 0 radical (unpaired) electrons. The van der Waals surface area contributed by atoms with Crippen molar-refractivity contribution in [3.05, 3.63) is 34.4 Å². The zero-order valence-corrected chi connectivity index (χ0v) is 10.5. The second-order valence-corrected chi connectivity index (χ2v) is 4.58. The molecule has 1 aromatic carbocycles. The van der Waals surface area contributed by atoms with Gasteiger partial charge in [-0.3, -0.25) is 0 Å². The summed E-state index contributed by atoms with van der Waals surface area (Å²) < 4.78 is 19.1. The zero-order chi connectivity index (χ0) is 11.7. The minimum absolute atomic E-state index is 0.168. The van der Waals surface area contributed by atoms with E-state index in [0.717, 1.165) is 0 Å². The third-order valence-electron chi connectivity index (χ3n) is 2.10. The van der Waals surface area contributed by atoms with E-state index in [-0.39, 0.29) is 11.7 Å². The molecule has 0 amide bonds. The molecule has 0 aliphatic carbocycles. The third-order valence-corrected chi connectivity index (χ3v) is 2.74. The van der Waals surface area contributed by atoms with Gasteiger partial charge in [0.05, 0.1) is 4.47 Å². The first kappa shape index (κ1) is 11.3. The highest BCUT2D eigenvalue weighted by atomic mass is 79.9. The van der Waals surface area contributed by atoms with Crippen molar-refractivity contribution in [1.29, 1.82) is 0 Å². The van der Waals surface area contributed by atoms with Crippen LogP contribution in [0.15, 0.2) is 27.1 Å². The number of benzene rings is 1. The fourth-order valence-corrected chi connectivity index (χ4v) is 1.46. The Balaban J connectivity index is 2.39. The number of aromatic nitrogens is 2. The predicted octanol–water partition coefficient (Wildman–Crippen LogP) is 3.76. The van der Waals surface area contributed by atoms with Crippen LogP contribution in [0.4, 0.5) is 4.39 Å². The van der Waals surface area contributed by atoms with Crippen molar-refractivity contribution in [2.75, 3.05) is 0 Å². The van der Waals surface area contributed by atoms with E-state index in [1.165, 1.54) is 6.07 Å². The Hall–Kier alpha value is -1.23. The Morgan fingerprint density at radius 1 is 1.31 bits per heavy atom. The van der Waals surface area contributed by atoms with Gasteiger partial charge in [0.1, 0.15) is 5.82 Å². The molecule has 0 atom stereocenters. The summed E-state index contributed by atoms with van der Waals surface area (Å²) in [6.07, 6.45) is 0. The summed E-state index contributed by atoms with van der Waals surface area (Å²) in [7, 11) is 0. The van der Waals surface area contributed by atoms with Crippen LogP contribution in [0.25, 0.3) is 11.5 Å². The van der Waals surface area contributed by atoms with Crippen LogP contribution in [0.1, 0.15) is 25.7 Å². The second-order valence-electron chi connectivity index (χ2n) is 3.73. The van der Waals surface area contributed by atoms with E-state index in [1.807, 2.05) is 13.8 Å². The maximum atomic E-state index is 13.3. The van der Waals surface area contributed by atoms with Crippen molar-refractivity contribution < 1.29 is 8.81 Å². The monoisotopic (exact) mass is 284 g/mol. The smallest absolute Gasteiger partial charge is 0.247 e. The van der Waals surface area contributed by atoms with Gasteiger partial charge in [0.2, 0.25) is 11.8 Å². The lowest BCUT2D eigenvalue weighted by Gasteiger charge is -1.98. The van der Waals surface area contributed by atoms with Gasteiger partial charge in [0.15, 0.2) is 0 Å².